The summed E-state index contributed by atoms with van der Waals surface area (Å²) in [4.78, 5) is 0. The van der Waals surface area contributed by atoms with E-state index in [0.717, 1.165) is 11.3 Å². The lowest BCUT2D eigenvalue weighted by atomic mass is 10.2. The molecule has 0 saturated carbocycles. The maximum absolute atomic E-state index is 5.36. The van der Waals surface area contributed by atoms with Crippen molar-refractivity contribution in [2.24, 2.45) is 5.10 Å². The topological polar surface area (TPSA) is 36.4 Å². The Morgan fingerprint density at radius 1 is 0.677 bits per heavy atom. The SMILES string of the molecule is S=C(N/N=C/c1ccccc1P(c1ccccc1)c1ccccc1)Nc1ccccc1. The van der Waals surface area contributed by atoms with Crippen LogP contribution in [-0.2, 0) is 0 Å². The Hall–Kier alpha value is -3.33. The lowest BCUT2D eigenvalue weighted by Gasteiger charge is -2.21. The summed E-state index contributed by atoms with van der Waals surface area (Å²) in [5.41, 5.74) is 4.91. The monoisotopic (exact) mass is 439 g/mol. The number of rotatable bonds is 6. The Morgan fingerprint density at radius 2 is 1.19 bits per heavy atom. The van der Waals surface area contributed by atoms with E-state index < -0.39 is 7.92 Å². The van der Waals surface area contributed by atoms with E-state index in [0.29, 0.717) is 5.11 Å². The molecule has 0 bridgehead atoms. The van der Waals surface area contributed by atoms with Crippen molar-refractivity contribution in [3.63, 3.8) is 0 Å². The number of nitrogens with zero attached hydrogens (tertiary/aromatic N) is 1. The minimum atomic E-state index is -0.706. The summed E-state index contributed by atoms with van der Waals surface area (Å²) in [6.45, 7) is 0. The third-order valence-electron chi connectivity index (χ3n) is 4.61. The van der Waals surface area contributed by atoms with Gasteiger partial charge in [-0.3, -0.25) is 5.43 Å². The van der Waals surface area contributed by atoms with Gasteiger partial charge in [-0.2, -0.15) is 5.10 Å². The minimum absolute atomic E-state index is 0.452. The number of hydrazone groups is 1. The number of hydrogen-bond donors (Lipinski definition) is 2. The van der Waals surface area contributed by atoms with Crippen LogP contribution in [0.25, 0.3) is 0 Å². The fourth-order valence-electron chi connectivity index (χ4n) is 3.22. The Morgan fingerprint density at radius 3 is 1.81 bits per heavy atom. The number of para-hydroxylation sites is 1. The molecule has 4 aromatic rings. The fourth-order valence-corrected chi connectivity index (χ4v) is 5.81. The Balaban J connectivity index is 1.59. The van der Waals surface area contributed by atoms with E-state index in [1.165, 1.54) is 15.9 Å². The van der Waals surface area contributed by atoms with Crippen molar-refractivity contribution in [1.29, 1.82) is 0 Å². The Labute approximate surface area is 189 Å². The van der Waals surface area contributed by atoms with Crippen molar-refractivity contribution in [1.82, 2.24) is 5.43 Å². The predicted molar refractivity (Wildman–Crippen MR) is 139 cm³/mol. The smallest absolute Gasteiger partial charge is 0.191 e. The molecule has 0 fully saturated rings. The zero-order valence-corrected chi connectivity index (χ0v) is 18.6. The first kappa shape index (κ1) is 20.9. The number of thiocarbonyl (C=S) groups is 1. The molecule has 0 spiro atoms. The summed E-state index contributed by atoms with van der Waals surface area (Å²) in [5, 5.41) is 11.8. The van der Waals surface area contributed by atoms with Crippen molar-refractivity contribution in [2.45, 2.75) is 0 Å². The molecule has 4 aromatic carbocycles. The predicted octanol–water partition coefficient (Wildman–Crippen LogP) is 4.77. The third-order valence-corrected chi connectivity index (χ3v) is 7.32. The van der Waals surface area contributed by atoms with Crippen LogP contribution in [0.5, 0.6) is 0 Å². The largest absolute Gasteiger partial charge is 0.331 e. The second-order valence-corrected chi connectivity index (χ2v) is 9.35. The van der Waals surface area contributed by atoms with Crippen molar-refractivity contribution in [3.8, 4) is 0 Å². The van der Waals surface area contributed by atoms with E-state index in [1.807, 2.05) is 42.6 Å². The average molecular weight is 440 g/mol. The molecule has 4 rings (SSSR count). The van der Waals surface area contributed by atoms with Gasteiger partial charge in [-0.05, 0) is 48.2 Å². The molecule has 5 heteroatoms. The van der Waals surface area contributed by atoms with Crippen LogP contribution in [0.1, 0.15) is 5.56 Å². The summed E-state index contributed by atoms with van der Waals surface area (Å²) in [7, 11) is -0.706. The fraction of sp³-hybridized carbons (Fsp3) is 0. The van der Waals surface area contributed by atoms with E-state index >= 15 is 0 Å². The number of benzene rings is 4. The maximum Gasteiger partial charge on any atom is 0.191 e. The van der Waals surface area contributed by atoms with Crippen LogP contribution in [0, 0.1) is 0 Å². The van der Waals surface area contributed by atoms with Gasteiger partial charge in [0.1, 0.15) is 0 Å². The van der Waals surface area contributed by atoms with Gasteiger partial charge in [-0.15, -0.1) is 0 Å². The van der Waals surface area contributed by atoms with E-state index in [4.69, 9.17) is 12.2 Å². The zero-order chi connectivity index (χ0) is 21.3. The van der Waals surface area contributed by atoms with Gasteiger partial charge in [0.05, 0.1) is 6.21 Å². The molecular weight excluding hydrogens is 417 g/mol. The highest BCUT2D eigenvalue weighted by atomic mass is 32.1. The van der Waals surface area contributed by atoms with Crippen LogP contribution in [0.2, 0.25) is 0 Å². The van der Waals surface area contributed by atoms with Gasteiger partial charge in [0.25, 0.3) is 0 Å². The molecule has 0 aliphatic rings. The first-order chi connectivity index (χ1) is 15.3. The molecular formula is C26H22N3PS. The first-order valence-corrected chi connectivity index (χ1v) is 11.7. The van der Waals surface area contributed by atoms with E-state index in [2.05, 4.69) is 94.7 Å². The van der Waals surface area contributed by atoms with Gasteiger partial charge in [0, 0.05) is 11.3 Å². The van der Waals surface area contributed by atoms with Crippen LogP contribution in [-0.4, -0.2) is 11.3 Å². The molecule has 0 aliphatic heterocycles. The number of anilines is 1. The van der Waals surface area contributed by atoms with E-state index in [1.54, 1.807) is 0 Å². The molecule has 0 atom stereocenters. The molecule has 0 aromatic heterocycles. The van der Waals surface area contributed by atoms with Crippen molar-refractivity contribution in [2.75, 3.05) is 5.32 Å². The van der Waals surface area contributed by atoms with Crippen molar-refractivity contribution in [3.05, 3.63) is 121 Å². The highest BCUT2D eigenvalue weighted by molar-refractivity contribution is 7.80. The molecule has 3 nitrogen and oxygen atoms in total. The van der Waals surface area contributed by atoms with Gasteiger partial charge in [-0.1, -0.05) is 103 Å². The van der Waals surface area contributed by atoms with Crippen LogP contribution in [0.3, 0.4) is 0 Å². The number of nitrogens with one attached hydrogen (secondary N) is 2. The minimum Gasteiger partial charge on any atom is -0.331 e. The maximum atomic E-state index is 5.36. The molecule has 0 saturated heterocycles. The zero-order valence-electron chi connectivity index (χ0n) is 16.8. The average Bonchev–Trinajstić information content (AvgIpc) is 2.82. The van der Waals surface area contributed by atoms with E-state index in [9.17, 15) is 0 Å². The second kappa shape index (κ2) is 10.6. The molecule has 31 heavy (non-hydrogen) atoms. The Bertz CT molecular complexity index is 1110. The summed E-state index contributed by atoms with van der Waals surface area (Å²) < 4.78 is 0. The highest BCUT2D eigenvalue weighted by Gasteiger charge is 2.18. The molecule has 0 unspecified atom stereocenters. The summed E-state index contributed by atoms with van der Waals surface area (Å²) in [6.07, 6.45) is 1.84. The first-order valence-electron chi connectivity index (χ1n) is 9.95. The molecule has 2 N–H and O–H groups in total. The summed E-state index contributed by atoms with van der Waals surface area (Å²) in [5.74, 6) is 0. The van der Waals surface area contributed by atoms with Gasteiger partial charge in [0.15, 0.2) is 5.11 Å². The Kier molecular flexibility index (Phi) is 7.17. The highest BCUT2D eigenvalue weighted by Crippen LogP contribution is 2.33. The van der Waals surface area contributed by atoms with Crippen LogP contribution in [0.4, 0.5) is 5.69 Å². The van der Waals surface area contributed by atoms with Crippen LogP contribution >= 0.6 is 20.1 Å². The molecule has 0 heterocycles. The van der Waals surface area contributed by atoms with Gasteiger partial charge in [-0.25, -0.2) is 0 Å². The van der Waals surface area contributed by atoms with Crippen LogP contribution in [0.15, 0.2) is 120 Å². The molecule has 152 valence electrons. The van der Waals surface area contributed by atoms with Crippen molar-refractivity contribution < 1.29 is 0 Å². The molecule has 0 radical (unpaired) electrons. The third kappa shape index (κ3) is 5.64. The van der Waals surface area contributed by atoms with Gasteiger partial charge < -0.3 is 5.32 Å². The van der Waals surface area contributed by atoms with Crippen molar-refractivity contribution >= 4 is 53.1 Å². The summed E-state index contributed by atoms with van der Waals surface area (Å²) in [6, 6.07) is 39.5. The van der Waals surface area contributed by atoms with E-state index in [-0.39, 0.29) is 0 Å². The molecule has 0 amide bonds. The normalized spacial score (nSPS) is 10.9. The second-order valence-electron chi connectivity index (χ2n) is 6.76. The van der Waals surface area contributed by atoms with Gasteiger partial charge in [0.2, 0.25) is 0 Å². The van der Waals surface area contributed by atoms with Gasteiger partial charge >= 0.3 is 0 Å². The summed E-state index contributed by atoms with van der Waals surface area (Å²) >= 11 is 5.36. The molecule has 0 aliphatic carbocycles. The lowest BCUT2D eigenvalue weighted by molar-refractivity contribution is 1.05. The standard InChI is InChI=1S/C26H22N3PS/c31-26(28-22-13-4-1-5-14-22)29-27-20-21-12-10-11-19-25(21)30(23-15-6-2-7-16-23)24-17-8-3-9-18-24/h1-20H,(H2,28,29,31)/b27-20+. The lowest BCUT2D eigenvalue weighted by Crippen LogP contribution is -2.25. The number of hydrogen-bond acceptors (Lipinski definition) is 2. The van der Waals surface area contributed by atoms with Crippen LogP contribution < -0.4 is 26.7 Å². The quantitative estimate of drug-likeness (QED) is 0.197.